The number of amides is 1. The summed E-state index contributed by atoms with van der Waals surface area (Å²) in [5.41, 5.74) is 0.830. The summed E-state index contributed by atoms with van der Waals surface area (Å²) < 4.78 is 5.32. The number of methoxy groups -OCH3 is 1. The third kappa shape index (κ3) is 5.65. The highest BCUT2D eigenvalue weighted by Gasteiger charge is 2.16. The number of aryl methyl sites for hydroxylation is 1. The third-order valence-electron chi connectivity index (χ3n) is 5.28. The van der Waals surface area contributed by atoms with E-state index >= 15 is 0 Å². The lowest BCUT2D eigenvalue weighted by atomic mass is 10.2. The van der Waals surface area contributed by atoms with Gasteiger partial charge in [0.05, 0.1) is 36.3 Å². The highest BCUT2D eigenvalue weighted by molar-refractivity contribution is 8.00. The van der Waals surface area contributed by atoms with Crippen LogP contribution in [0.4, 0.5) is 0 Å². The van der Waals surface area contributed by atoms with E-state index in [0.29, 0.717) is 23.8 Å². The Morgan fingerprint density at radius 3 is 2.78 bits per heavy atom. The van der Waals surface area contributed by atoms with Crippen LogP contribution >= 0.6 is 23.1 Å². The molecule has 1 fully saturated rings. The number of fused-ring (bicyclic) bond motifs is 1. The van der Waals surface area contributed by atoms with E-state index in [1.54, 1.807) is 7.11 Å². The van der Waals surface area contributed by atoms with E-state index in [1.165, 1.54) is 35.9 Å². The molecule has 0 atom stereocenters. The van der Waals surface area contributed by atoms with Gasteiger partial charge in [-0.15, -0.1) is 11.3 Å². The first kappa shape index (κ1) is 22.7. The number of thioether (sulfide) groups is 1. The second kappa shape index (κ2) is 10.4. The molecule has 0 saturated carbocycles. The molecule has 7 nitrogen and oxygen atoms in total. The molecule has 3 heterocycles. The van der Waals surface area contributed by atoms with E-state index < -0.39 is 0 Å². The normalized spacial score (nSPS) is 14.1. The van der Waals surface area contributed by atoms with Crippen molar-refractivity contribution in [2.75, 3.05) is 32.5 Å². The summed E-state index contributed by atoms with van der Waals surface area (Å²) in [6.07, 6.45) is 2.33. The van der Waals surface area contributed by atoms with Crippen molar-refractivity contribution in [1.82, 2.24) is 20.2 Å². The van der Waals surface area contributed by atoms with Crippen molar-refractivity contribution in [3.05, 3.63) is 45.9 Å². The summed E-state index contributed by atoms with van der Waals surface area (Å²) in [6.45, 7) is 4.74. The lowest BCUT2D eigenvalue weighted by Gasteiger charge is -2.13. The van der Waals surface area contributed by atoms with Gasteiger partial charge >= 0.3 is 0 Å². The number of thiophene rings is 1. The molecule has 1 aliphatic heterocycles. The van der Waals surface area contributed by atoms with Crippen molar-refractivity contribution in [3.8, 4) is 5.75 Å². The largest absolute Gasteiger partial charge is 0.497 e. The molecule has 0 bridgehead atoms. The molecule has 1 aliphatic rings. The first-order valence-corrected chi connectivity index (χ1v) is 12.4. The molecule has 1 N–H and O–H groups in total. The maximum absolute atomic E-state index is 12.8. The molecule has 0 aliphatic carbocycles. The average Bonchev–Trinajstić information content (AvgIpc) is 3.47. The van der Waals surface area contributed by atoms with Crippen LogP contribution in [0.25, 0.3) is 10.9 Å². The number of likely N-dealkylation sites (tertiary alicyclic amines) is 1. The maximum atomic E-state index is 12.8. The molecule has 0 spiro atoms. The van der Waals surface area contributed by atoms with Crippen molar-refractivity contribution in [2.45, 2.75) is 31.3 Å². The first-order valence-electron chi connectivity index (χ1n) is 10.6. The molecular formula is C23H26N4O3S2. The summed E-state index contributed by atoms with van der Waals surface area (Å²) in [5, 5.41) is 4.60. The Balaban J connectivity index is 1.35. The van der Waals surface area contributed by atoms with Crippen LogP contribution in [0.15, 0.2) is 35.4 Å². The minimum atomic E-state index is 0.0326. The summed E-state index contributed by atoms with van der Waals surface area (Å²) in [5.74, 6) is 1.75. The Kier molecular flexibility index (Phi) is 7.39. The van der Waals surface area contributed by atoms with E-state index in [0.717, 1.165) is 39.6 Å². The standard InChI is InChI=1S/C23H26N4O3S2/c1-15-25-19-7-5-16(30-2)11-18(19)23(26-15)31-14-20(28)21-8-6-17(32-21)12-24-22(29)13-27-9-3-4-10-27/h5-8,11H,3-4,9-10,12-14H2,1-2H3,(H,24,29). The number of Topliss-reactive ketones (excluding diaryl/α,β-unsaturated/α-hetero) is 1. The average molecular weight is 471 g/mol. The van der Waals surface area contributed by atoms with Crippen molar-refractivity contribution in [3.63, 3.8) is 0 Å². The van der Waals surface area contributed by atoms with Crippen molar-refractivity contribution in [2.24, 2.45) is 0 Å². The number of benzene rings is 1. The number of aromatic nitrogens is 2. The quantitative estimate of drug-likeness (QED) is 0.290. The molecule has 1 saturated heterocycles. The molecule has 4 rings (SSSR count). The lowest BCUT2D eigenvalue weighted by Crippen LogP contribution is -2.35. The van der Waals surface area contributed by atoms with Gasteiger partial charge in [0, 0.05) is 10.3 Å². The van der Waals surface area contributed by atoms with Crippen LogP contribution < -0.4 is 10.1 Å². The highest BCUT2D eigenvalue weighted by Crippen LogP contribution is 2.29. The predicted octanol–water partition coefficient (Wildman–Crippen LogP) is 3.70. The van der Waals surface area contributed by atoms with Crippen LogP contribution in [0.2, 0.25) is 0 Å². The van der Waals surface area contributed by atoms with Crippen LogP contribution in [0, 0.1) is 6.92 Å². The van der Waals surface area contributed by atoms with Crippen LogP contribution in [0.5, 0.6) is 5.75 Å². The zero-order valence-electron chi connectivity index (χ0n) is 18.2. The van der Waals surface area contributed by atoms with Crippen LogP contribution in [-0.4, -0.2) is 59.1 Å². The van der Waals surface area contributed by atoms with E-state index in [-0.39, 0.29) is 17.4 Å². The summed E-state index contributed by atoms with van der Waals surface area (Å²) in [7, 11) is 1.62. The van der Waals surface area contributed by atoms with Crippen molar-refractivity contribution >= 4 is 45.7 Å². The number of rotatable bonds is 9. The van der Waals surface area contributed by atoms with E-state index in [4.69, 9.17) is 4.74 Å². The minimum Gasteiger partial charge on any atom is -0.497 e. The Bertz CT molecular complexity index is 1130. The fourth-order valence-electron chi connectivity index (χ4n) is 3.64. The number of carbonyl (C=O) groups is 2. The second-order valence-corrected chi connectivity index (χ2v) is 9.83. The lowest BCUT2D eigenvalue weighted by molar-refractivity contribution is -0.122. The summed E-state index contributed by atoms with van der Waals surface area (Å²) in [6, 6.07) is 9.41. The Morgan fingerprint density at radius 1 is 1.19 bits per heavy atom. The van der Waals surface area contributed by atoms with Crippen LogP contribution in [0.1, 0.15) is 33.2 Å². The van der Waals surface area contributed by atoms with E-state index in [9.17, 15) is 9.59 Å². The first-order chi connectivity index (χ1) is 15.5. The fourth-order valence-corrected chi connectivity index (χ4v) is 5.56. The summed E-state index contributed by atoms with van der Waals surface area (Å²) in [4.78, 5) is 37.7. The molecule has 2 aromatic heterocycles. The van der Waals surface area contributed by atoms with Gasteiger partial charge in [0.15, 0.2) is 5.78 Å². The Hall–Kier alpha value is -2.49. The molecule has 3 aromatic rings. The number of carbonyl (C=O) groups excluding carboxylic acids is 2. The number of hydrogen-bond acceptors (Lipinski definition) is 8. The zero-order chi connectivity index (χ0) is 22.5. The smallest absolute Gasteiger partial charge is 0.234 e. The van der Waals surface area contributed by atoms with Gasteiger partial charge in [-0.25, -0.2) is 9.97 Å². The van der Waals surface area contributed by atoms with Gasteiger partial charge in [-0.1, -0.05) is 11.8 Å². The molecule has 0 radical (unpaired) electrons. The number of nitrogens with zero attached hydrogens (tertiary/aromatic N) is 3. The topological polar surface area (TPSA) is 84.4 Å². The van der Waals surface area contributed by atoms with Crippen molar-refractivity contribution < 1.29 is 14.3 Å². The van der Waals surface area contributed by atoms with Gasteiger partial charge in [0.2, 0.25) is 5.91 Å². The van der Waals surface area contributed by atoms with Gasteiger partial charge in [0.25, 0.3) is 0 Å². The number of hydrogen-bond donors (Lipinski definition) is 1. The molecule has 1 amide bonds. The number of nitrogens with one attached hydrogen (secondary N) is 1. The molecule has 1 aromatic carbocycles. The molecular weight excluding hydrogens is 444 g/mol. The monoisotopic (exact) mass is 470 g/mol. The summed E-state index contributed by atoms with van der Waals surface area (Å²) >= 11 is 2.84. The fraction of sp³-hybridized carbons (Fsp3) is 0.391. The molecule has 0 unspecified atom stereocenters. The molecule has 168 valence electrons. The van der Waals surface area contributed by atoms with E-state index in [1.807, 2.05) is 37.3 Å². The number of ether oxygens (including phenoxy) is 1. The molecule has 32 heavy (non-hydrogen) atoms. The third-order valence-corrected chi connectivity index (χ3v) is 7.40. The van der Waals surface area contributed by atoms with Crippen molar-refractivity contribution in [1.29, 1.82) is 0 Å². The predicted molar refractivity (Wildman–Crippen MR) is 128 cm³/mol. The maximum Gasteiger partial charge on any atom is 0.234 e. The van der Waals surface area contributed by atoms with Gasteiger partial charge in [-0.2, -0.15) is 0 Å². The Morgan fingerprint density at radius 2 is 2.00 bits per heavy atom. The minimum absolute atomic E-state index is 0.0326. The van der Waals surface area contributed by atoms with E-state index in [2.05, 4.69) is 20.2 Å². The van der Waals surface area contributed by atoms with Gasteiger partial charge in [-0.05, 0) is 63.2 Å². The van der Waals surface area contributed by atoms with Crippen LogP contribution in [0.3, 0.4) is 0 Å². The molecule has 9 heteroatoms. The second-order valence-electron chi connectivity index (χ2n) is 7.70. The van der Waals surface area contributed by atoms with Crippen LogP contribution in [-0.2, 0) is 11.3 Å². The highest BCUT2D eigenvalue weighted by atomic mass is 32.2. The Labute approximate surface area is 195 Å². The van der Waals surface area contributed by atoms with Gasteiger partial charge in [-0.3, -0.25) is 14.5 Å². The zero-order valence-corrected chi connectivity index (χ0v) is 19.9. The van der Waals surface area contributed by atoms with Gasteiger partial charge in [0.1, 0.15) is 16.6 Å². The number of ketones is 1. The SMILES string of the molecule is COc1ccc2nc(C)nc(SCC(=O)c3ccc(CNC(=O)CN4CCCC4)s3)c2c1. The van der Waals surface area contributed by atoms with Gasteiger partial charge < -0.3 is 10.1 Å².